The summed E-state index contributed by atoms with van der Waals surface area (Å²) in [5.41, 5.74) is 6.39. The maximum Gasteiger partial charge on any atom is 0.224 e. The zero-order valence-electron chi connectivity index (χ0n) is 10.3. The third-order valence-electron chi connectivity index (χ3n) is 3.54. The summed E-state index contributed by atoms with van der Waals surface area (Å²) in [5.74, 6) is 2.11. The highest BCUT2D eigenvalue weighted by molar-refractivity contribution is 6.28. The summed E-state index contributed by atoms with van der Waals surface area (Å²) in [5, 5.41) is 3.63. The fraction of sp³-hybridized carbons (Fsp3) is 0.667. The van der Waals surface area contributed by atoms with Crippen molar-refractivity contribution < 1.29 is 0 Å². The van der Waals surface area contributed by atoms with E-state index in [9.17, 15) is 0 Å². The molecule has 1 aromatic heterocycles. The predicted molar refractivity (Wildman–Crippen MR) is 71.0 cm³/mol. The van der Waals surface area contributed by atoms with E-state index in [0.29, 0.717) is 23.5 Å². The quantitative estimate of drug-likeness (QED) is 0.797. The van der Waals surface area contributed by atoms with E-state index >= 15 is 0 Å². The minimum Gasteiger partial charge on any atom is -0.394 e. The van der Waals surface area contributed by atoms with Gasteiger partial charge >= 0.3 is 0 Å². The Labute approximate surface area is 107 Å². The van der Waals surface area contributed by atoms with E-state index in [1.54, 1.807) is 6.20 Å². The molecule has 4 nitrogen and oxygen atoms in total. The normalized spacial score (nSPS) is 29.0. The third-order valence-corrected chi connectivity index (χ3v) is 3.72. The molecule has 1 heterocycles. The van der Waals surface area contributed by atoms with Crippen molar-refractivity contribution in [2.24, 2.45) is 11.8 Å². The first-order valence-corrected chi connectivity index (χ1v) is 6.48. The fourth-order valence-electron chi connectivity index (χ4n) is 2.54. The SMILES string of the molecule is CC1CCC(Nc2nc(Cl)ncc2N)C(C)C1. The summed E-state index contributed by atoms with van der Waals surface area (Å²) in [6.07, 6.45) is 5.20. The van der Waals surface area contributed by atoms with Crippen LogP contribution in [0.25, 0.3) is 0 Å². The number of nitrogen functional groups attached to an aromatic ring is 1. The number of hydrogen-bond acceptors (Lipinski definition) is 4. The zero-order chi connectivity index (χ0) is 12.4. The smallest absolute Gasteiger partial charge is 0.224 e. The van der Waals surface area contributed by atoms with Gasteiger partial charge in [-0.3, -0.25) is 0 Å². The Morgan fingerprint density at radius 1 is 1.41 bits per heavy atom. The largest absolute Gasteiger partial charge is 0.394 e. The Hall–Kier alpha value is -1.03. The highest BCUT2D eigenvalue weighted by atomic mass is 35.5. The van der Waals surface area contributed by atoms with Crippen molar-refractivity contribution in [3.8, 4) is 0 Å². The van der Waals surface area contributed by atoms with E-state index in [0.717, 1.165) is 12.3 Å². The molecule has 94 valence electrons. The predicted octanol–water partition coefficient (Wildman–Crippen LogP) is 2.95. The van der Waals surface area contributed by atoms with Gasteiger partial charge in [-0.25, -0.2) is 4.98 Å². The molecular weight excluding hydrogens is 236 g/mol. The number of nitrogens with one attached hydrogen (secondary N) is 1. The van der Waals surface area contributed by atoms with E-state index in [2.05, 4.69) is 29.1 Å². The molecule has 17 heavy (non-hydrogen) atoms. The maximum absolute atomic E-state index is 5.83. The lowest BCUT2D eigenvalue weighted by atomic mass is 9.80. The lowest BCUT2D eigenvalue weighted by Gasteiger charge is -2.33. The van der Waals surface area contributed by atoms with Crippen LogP contribution in [0.5, 0.6) is 0 Å². The molecule has 0 amide bonds. The molecule has 1 aliphatic rings. The van der Waals surface area contributed by atoms with Crippen molar-refractivity contribution >= 4 is 23.1 Å². The number of rotatable bonds is 2. The molecule has 0 spiro atoms. The highest BCUT2D eigenvalue weighted by Gasteiger charge is 2.25. The summed E-state index contributed by atoms with van der Waals surface area (Å²) in [4.78, 5) is 7.99. The Kier molecular flexibility index (Phi) is 3.72. The molecule has 0 aromatic carbocycles. The lowest BCUT2D eigenvalue weighted by Crippen LogP contribution is -2.33. The second kappa shape index (κ2) is 5.08. The number of anilines is 2. The second-order valence-corrected chi connectivity index (χ2v) is 5.43. The highest BCUT2D eigenvalue weighted by Crippen LogP contribution is 2.31. The van der Waals surface area contributed by atoms with Crippen molar-refractivity contribution in [1.82, 2.24) is 9.97 Å². The van der Waals surface area contributed by atoms with Gasteiger partial charge in [-0.2, -0.15) is 4.98 Å². The minimum absolute atomic E-state index is 0.235. The molecule has 1 aliphatic carbocycles. The topological polar surface area (TPSA) is 63.8 Å². The van der Waals surface area contributed by atoms with Crippen LogP contribution >= 0.6 is 11.6 Å². The van der Waals surface area contributed by atoms with Gasteiger partial charge < -0.3 is 11.1 Å². The van der Waals surface area contributed by atoms with E-state index in [1.165, 1.54) is 12.8 Å². The number of aromatic nitrogens is 2. The first-order valence-electron chi connectivity index (χ1n) is 6.11. The second-order valence-electron chi connectivity index (χ2n) is 5.09. The first-order chi connectivity index (χ1) is 8.06. The summed E-state index contributed by atoms with van der Waals surface area (Å²) in [6, 6.07) is 0.430. The van der Waals surface area contributed by atoms with E-state index < -0.39 is 0 Å². The standard InChI is InChI=1S/C12H19ClN4/c1-7-3-4-10(8(2)5-7)16-11-9(14)6-15-12(13)17-11/h6-8,10H,3-5,14H2,1-2H3,(H,15,16,17). The molecule has 3 unspecified atom stereocenters. The summed E-state index contributed by atoms with van der Waals surface area (Å²) >= 11 is 5.78. The Morgan fingerprint density at radius 2 is 2.18 bits per heavy atom. The van der Waals surface area contributed by atoms with Crippen LogP contribution in [0.3, 0.4) is 0 Å². The van der Waals surface area contributed by atoms with Crippen molar-refractivity contribution in [1.29, 1.82) is 0 Å². The molecule has 3 N–H and O–H groups in total. The van der Waals surface area contributed by atoms with Gasteiger partial charge in [0.05, 0.1) is 11.9 Å². The van der Waals surface area contributed by atoms with Crippen molar-refractivity contribution in [2.45, 2.75) is 39.2 Å². The van der Waals surface area contributed by atoms with Crippen LogP contribution in [0.4, 0.5) is 11.5 Å². The Balaban J connectivity index is 2.07. The van der Waals surface area contributed by atoms with Gasteiger partial charge in [0.15, 0.2) is 5.82 Å². The van der Waals surface area contributed by atoms with Gasteiger partial charge in [0.25, 0.3) is 0 Å². The monoisotopic (exact) mass is 254 g/mol. The molecular formula is C12H19ClN4. The van der Waals surface area contributed by atoms with Crippen molar-refractivity contribution in [3.05, 3.63) is 11.5 Å². The molecule has 0 radical (unpaired) electrons. The molecule has 1 saturated carbocycles. The van der Waals surface area contributed by atoms with E-state index in [-0.39, 0.29) is 5.28 Å². The average molecular weight is 255 g/mol. The first kappa shape index (κ1) is 12.4. The molecule has 0 aliphatic heterocycles. The van der Waals surface area contributed by atoms with Crippen LogP contribution in [0, 0.1) is 11.8 Å². The molecule has 0 saturated heterocycles. The number of nitrogens with zero attached hydrogens (tertiary/aromatic N) is 2. The molecule has 5 heteroatoms. The number of hydrogen-bond donors (Lipinski definition) is 2. The van der Waals surface area contributed by atoms with E-state index in [1.807, 2.05) is 0 Å². The van der Waals surface area contributed by atoms with Crippen LogP contribution in [0.2, 0.25) is 5.28 Å². The van der Waals surface area contributed by atoms with Crippen molar-refractivity contribution in [2.75, 3.05) is 11.1 Å². The van der Waals surface area contributed by atoms with Crippen LogP contribution in [0.1, 0.15) is 33.1 Å². The maximum atomic E-state index is 5.83. The summed E-state index contributed by atoms with van der Waals surface area (Å²) in [7, 11) is 0. The van der Waals surface area contributed by atoms with Gasteiger partial charge in [-0.05, 0) is 42.7 Å². The number of nitrogens with two attached hydrogens (primary N) is 1. The lowest BCUT2D eigenvalue weighted by molar-refractivity contribution is 0.276. The Bertz CT molecular complexity index is 396. The van der Waals surface area contributed by atoms with Crippen molar-refractivity contribution in [3.63, 3.8) is 0 Å². The van der Waals surface area contributed by atoms with E-state index in [4.69, 9.17) is 17.3 Å². The van der Waals surface area contributed by atoms with Gasteiger partial charge in [0.1, 0.15) is 0 Å². The molecule has 1 fully saturated rings. The van der Waals surface area contributed by atoms with Gasteiger partial charge in [0, 0.05) is 6.04 Å². The fourth-order valence-corrected chi connectivity index (χ4v) is 2.67. The summed E-state index contributed by atoms with van der Waals surface area (Å²) < 4.78 is 0. The molecule has 2 rings (SSSR count). The minimum atomic E-state index is 0.235. The van der Waals surface area contributed by atoms with Crippen LogP contribution < -0.4 is 11.1 Å². The Morgan fingerprint density at radius 3 is 2.88 bits per heavy atom. The van der Waals surface area contributed by atoms with Gasteiger partial charge in [-0.1, -0.05) is 13.8 Å². The van der Waals surface area contributed by atoms with Gasteiger partial charge in [-0.15, -0.1) is 0 Å². The molecule has 1 aromatic rings. The zero-order valence-corrected chi connectivity index (χ0v) is 11.0. The number of halogens is 1. The van der Waals surface area contributed by atoms with Crippen LogP contribution in [0.15, 0.2) is 6.20 Å². The van der Waals surface area contributed by atoms with Crippen LogP contribution in [-0.4, -0.2) is 16.0 Å². The average Bonchev–Trinajstić information content (AvgIpc) is 2.27. The summed E-state index contributed by atoms with van der Waals surface area (Å²) in [6.45, 7) is 4.58. The van der Waals surface area contributed by atoms with Crippen LogP contribution in [-0.2, 0) is 0 Å². The molecule has 0 bridgehead atoms. The van der Waals surface area contributed by atoms with Gasteiger partial charge in [0.2, 0.25) is 5.28 Å². The third kappa shape index (κ3) is 3.00. The molecule has 3 atom stereocenters.